The summed E-state index contributed by atoms with van der Waals surface area (Å²) >= 11 is 0. The van der Waals surface area contributed by atoms with Gasteiger partial charge in [0, 0.05) is 18.0 Å². The fourth-order valence-corrected chi connectivity index (χ4v) is 2.68. The summed E-state index contributed by atoms with van der Waals surface area (Å²) in [6.07, 6.45) is -0.0183. The molecule has 1 fully saturated rings. The number of nitrogens with zero attached hydrogens (tertiary/aromatic N) is 2. The van der Waals surface area contributed by atoms with Gasteiger partial charge in [0.1, 0.15) is 17.9 Å². The average molecular weight is 302 g/mol. The molecule has 1 aromatic heterocycles. The van der Waals surface area contributed by atoms with Crippen LogP contribution in [0.25, 0.3) is 10.9 Å². The molecule has 1 aliphatic rings. The summed E-state index contributed by atoms with van der Waals surface area (Å²) in [7, 11) is 0. The number of ether oxygens (including phenoxy) is 1. The molecule has 0 saturated carbocycles. The van der Waals surface area contributed by atoms with Crippen LogP contribution in [0.2, 0.25) is 0 Å². The molecule has 114 valence electrons. The summed E-state index contributed by atoms with van der Waals surface area (Å²) in [5.41, 5.74) is 0.767. The monoisotopic (exact) mass is 302 g/mol. The van der Waals surface area contributed by atoms with Crippen LogP contribution in [0.3, 0.4) is 0 Å². The lowest BCUT2D eigenvalue weighted by Gasteiger charge is -2.17. The minimum absolute atomic E-state index is 0.0307. The number of carbonyl (C=O) groups is 2. The van der Waals surface area contributed by atoms with Gasteiger partial charge in [-0.3, -0.25) is 9.88 Å². The number of hydrogen-bond donors (Lipinski definition) is 2. The molecule has 2 atom stereocenters. The first kappa shape index (κ1) is 14.1. The number of aliphatic carboxylic acids is 1. The Hall–Kier alpha value is -2.83. The molecule has 0 aliphatic carbocycles. The van der Waals surface area contributed by atoms with E-state index in [1.165, 1.54) is 0 Å². The maximum atomic E-state index is 11.2. The van der Waals surface area contributed by atoms with Crippen LogP contribution in [0.4, 0.5) is 4.79 Å². The van der Waals surface area contributed by atoms with Gasteiger partial charge in [-0.05, 0) is 18.2 Å². The van der Waals surface area contributed by atoms with Gasteiger partial charge in [0.05, 0.1) is 12.1 Å². The summed E-state index contributed by atoms with van der Waals surface area (Å²) in [5.74, 6) is -0.583. The third-order valence-electron chi connectivity index (χ3n) is 3.70. The zero-order chi connectivity index (χ0) is 15.7. The summed E-state index contributed by atoms with van der Waals surface area (Å²) in [6.45, 7) is 0.0307. The molecule has 7 nitrogen and oxygen atoms in total. The number of likely N-dealkylation sites (tertiary alicyclic amines) is 1. The Morgan fingerprint density at radius 1 is 1.23 bits per heavy atom. The third-order valence-corrected chi connectivity index (χ3v) is 3.70. The molecule has 1 aromatic carbocycles. The zero-order valence-corrected chi connectivity index (χ0v) is 11.5. The summed E-state index contributed by atoms with van der Waals surface area (Å²) in [6, 6.07) is 8.05. The highest BCUT2D eigenvalue weighted by molar-refractivity contribution is 5.84. The van der Waals surface area contributed by atoms with E-state index >= 15 is 0 Å². The molecule has 0 bridgehead atoms. The van der Waals surface area contributed by atoms with Crippen molar-refractivity contribution in [2.75, 3.05) is 6.54 Å². The minimum atomic E-state index is -1.25. The molecule has 1 amide bonds. The zero-order valence-electron chi connectivity index (χ0n) is 11.5. The molecule has 0 radical (unpaired) electrons. The number of fused-ring (bicyclic) bond motifs is 1. The second-order valence-electron chi connectivity index (χ2n) is 5.09. The van der Waals surface area contributed by atoms with Crippen LogP contribution in [0.1, 0.15) is 6.42 Å². The first-order valence-corrected chi connectivity index (χ1v) is 6.79. The smallest absolute Gasteiger partial charge is 0.408 e. The van der Waals surface area contributed by atoms with E-state index in [-0.39, 0.29) is 13.0 Å². The maximum absolute atomic E-state index is 11.2. The summed E-state index contributed by atoms with van der Waals surface area (Å²) in [5, 5.41) is 19.0. The van der Waals surface area contributed by atoms with Crippen LogP contribution in [0.15, 0.2) is 36.5 Å². The van der Waals surface area contributed by atoms with Crippen molar-refractivity contribution >= 4 is 23.0 Å². The van der Waals surface area contributed by atoms with E-state index in [0.29, 0.717) is 5.75 Å². The Kier molecular flexibility index (Phi) is 3.54. The normalized spacial score (nSPS) is 21.0. The van der Waals surface area contributed by atoms with Crippen molar-refractivity contribution in [3.63, 3.8) is 0 Å². The SMILES string of the molecule is O=C(O)[C@@H]1C[C@@H](Oc2ccnc3ccccc23)CN1C(=O)O. The fraction of sp³-hybridized carbons (Fsp3) is 0.267. The van der Waals surface area contributed by atoms with Gasteiger partial charge in [-0.25, -0.2) is 9.59 Å². The molecule has 2 heterocycles. The van der Waals surface area contributed by atoms with Gasteiger partial charge in [-0.1, -0.05) is 12.1 Å². The molecule has 22 heavy (non-hydrogen) atoms. The molecule has 2 aromatic rings. The van der Waals surface area contributed by atoms with Gasteiger partial charge in [-0.15, -0.1) is 0 Å². The number of benzene rings is 1. The van der Waals surface area contributed by atoms with E-state index in [4.69, 9.17) is 14.9 Å². The predicted molar refractivity (Wildman–Crippen MR) is 76.9 cm³/mol. The molecule has 1 saturated heterocycles. The van der Waals surface area contributed by atoms with Gasteiger partial charge >= 0.3 is 12.1 Å². The topological polar surface area (TPSA) is 100.0 Å². The van der Waals surface area contributed by atoms with E-state index in [1.54, 1.807) is 12.3 Å². The Morgan fingerprint density at radius 3 is 2.68 bits per heavy atom. The van der Waals surface area contributed by atoms with Crippen molar-refractivity contribution in [1.29, 1.82) is 0 Å². The lowest BCUT2D eigenvalue weighted by atomic mass is 10.2. The highest BCUT2D eigenvalue weighted by atomic mass is 16.5. The van der Waals surface area contributed by atoms with E-state index in [2.05, 4.69) is 4.98 Å². The average Bonchev–Trinajstić information content (AvgIpc) is 2.92. The Bertz CT molecular complexity index is 705. The van der Waals surface area contributed by atoms with Gasteiger partial charge in [0.25, 0.3) is 0 Å². The van der Waals surface area contributed by atoms with Crippen molar-refractivity contribution in [3.05, 3.63) is 36.5 Å². The molecule has 3 rings (SSSR count). The number of rotatable bonds is 3. The summed E-state index contributed by atoms with van der Waals surface area (Å²) < 4.78 is 5.84. The van der Waals surface area contributed by atoms with E-state index in [9.17, 15) is 9.59 Å². The largest absolute Gasteiger partial charge is 0.488 e. The minimum Gasteiger partial charge on any atom is -0.488 e. The molecule has 7 heteroatoms. The second-order valence-corrected chi connectivity index (χ2v) is 5.09. The quantitative estimate of drug-likeness (QED) is 0.897. The maximum Gasteiger partial charge on any atom is 0.408 e. The van der Waals surface area contributed by atoms with Crippen LogP contribution in [-0.4, -0.2) is 50.9 Å². The van der Waals surface area contributed by atoms with Gasteiger partial charge in [0.15, 0.2) is 0 Å². The predicted octanol–water partition coefficient (Wildman–Crippen LogP) is 1.82. The molecular weight excluding hydrogens is 288 g/mol. The number of hydrogen-bond acceptors (Lipinski definition) is 4. The third kappa shape index (κ3) is 2.52. The summed E-state index contributed by atoms with van der Waals surface area (Å²) in [4.78, 5) is 27.4. The van der Waals surface area contributed by atoms with E-state index < -0.39 is 24.2 Å². The Morgan fingerprint density at radius 2 is 2.00 bits per heavy atom. The standard InChI is InChI=1S/C15H14N2O5/c18-14(19)12-7-9(8-17(12)15(20)21)22-13-5-6-16-11-4-2-1-3-10(11)13/h1-6,9,12H,7-8H2,(H,18,19)(H,20,21)/t9-,12+/m1/s1. The molecule has 0 unspecified atom stereocenters. The fourth-order valence-electron chi connectivity index (χ4n) is 2.68. The van der Waals surface area contributed by atoms with Gasteiger partial charge in [-0.2, -0.15) is 0 Å². The number of para-hydroxylation sites is 1. The Balaban J connectivity index is 1.84. The van der Waals surface area contributed by atoms with Crippen molar-refractivity contribution in [1.82, 2.24) is 9.88 Å². The van der Waals surface area contributed by atoms with Crippen LogP contribution in [0.5, 0.6) is 5.75 Å². The van der Waals surface area contributed by atoms with Gasteiger partial charge < -0.3 is 14.9 Å². The highest BCUT2D eigenvalue weighted by Gasteiger charge is 2.41. The highest BCUT2D eigenvalue weighted by Crippen LogP contribution is 2.28. The lowest BCUT2D eigenvalue weighted by Crippen LogP contribution is -2.39. The van der Waals surface area contributed by atoms with E-state index in [0.717, 1.165) is 15.8 Å². The second kappa shape index (κ2) is 5.51. The van der Waals surface area contributed by atoms with Crippen molar-refractivity contribution in [2.45, 2.75) is 18.6 Å². The van der Waals surface area contributed by atoms with Crippen LogP contribution in [-0.2, 0) is 4.79 Å². The van der Waals surface area contributed by atoms with Crippen molar-refractivity contribution < 1.29 is 24.5 Å². The van der Waals surface area contributed by atoms with Crippen molar-refractivity contribution in [3.8, 4) is 5.75 Å². The number of carboxylic acid groups (broad SMARTS) is 2. The van der Waals surface area contributed by atoms with Gasteiger partial charge in [0.2, 0.25) is 0 Å². The molecular formula is C15H14N2O5. The van der Waals surface area contributed by atoms with Crippen molar-refractivity contribution in [2.24, 2.45) is 0 Å². The van der Waals surface area contributed by atoms with Crippen LogP contribution < -0.4 is 4.74 Å². The number of pyridine rings is 1. The lowest BCUT2D eigenvalue weighted by molar-refractivity contribution is -0.141. The Labute approximate surface area is 125 Å². The number of aromatic nitrogens is 1. The number of carboxylic acids is 1. The molecule has 1 aliphatic heterocycles. The van der Waals surface area contributed by atoms with Crippen LogP contribution >= 0.6 is 0 Å². The molecule has 2 N–H and O–H groups in total. The number of amides is 1. The van der Waals surface area contributed by atoms with E-state index in [1.807, 2.05) is 24.3 Å². The first-order valence-electron chi connectivity index (χ1n) is 6.79. The molecule has 0 spiro atoms. The first-order chi connectivity index (χ1) is 10.6. The van der Waals surface area contributed by atoms with Crippen LogP contribution in [0, 0.1) is 0 Å².